The number of methoxy groups -OCH3 is 1. The number of halogens is 2. The smallest absolute Gasteiger partial charge is 0.246 e. The van der Waals surface area contributed by atoms with Gasteiger partial charge in [-0.2, -0.15) is 4.98 Å². The van der Waals surface area contributed by atoms with Crippen LogP contribution in [0.15, 0.2) is 52.0 Å². The summed E-state index contributed by atoms with van der Waals surface area (Å²) in [5, 5.41) is 7.73. The molecule has 29 heavy (non-hydrogen) atoms. The molecule has 3 aromatic rings. The number of aliphatic imine (C=N–C) groups is 1. The largest absolute Gasteiger partial charge is 0.494 e. The van der Waals surface area contributed by atoms with Crippen LogP contribution in [0.5, 0.6) is 5.75 Å². The quantitative estimate of drug-likeness (QED) is 0.486. The number of hydrogen-bond acceptors (Lipinski definition) is 5. The van der Waals surface area contributed by atoms with Crippen LogP contribution in [0.3, 0.4) is 0 Å². The summed E-state index contributed by atoms with van der Waals surface area (Å²) in [5.74, 6) is 1.28. The van der Waals surface area contributed by atoms with Crippen LogP contribution in [-0.4, -0.2) is 42.2 Å². The zero-order valence-corrected chi connectivity index (χ0v) is 17.1. The molecule has 1 N–H and O–H groups in total. The van der Waals surface area contributed by atoms with Crippen LogP contribution in [0, 0.1) is 5.82 Å². The van der Waals surface area contributed by atoms with Crippen molar-refractivity contribution in [3.63, 3.8) is 0 Å². The third-order valence-corrected chi connectivity index (χ3v) is 4.39. The number of nitrogens with one attached hydrogen (secondary N) is 1. The number of guanidine groups is 1. The molecule has 0 aliphatic carbocycles. The molecule has 3 rings (SSSR count). The first kappa shape index (κ1) is 20.6. The summed E-state index contributed by atoms with van der Waals surface area (Å²) in [6, 6.07) is 12.1. The lowest BCUT2D eigenvalue weighted by atomic mass is 10.2. The second-order valence-electron chi connectivity index (χ2n) is 6.25. The Labute approximate surface area is 173 Å². The Morgan fingerprint density at radius 3 is 2.83 bits per heavy atom. The Balaban J connectivity index is 1.61. The van der Waals surface area contributed by atoms with E-state index < -0.39 is 5.82 Å². The van der Waals surface area contributed by atoms with Crippen molar-refractivity contribution in [1.82, 2.24) is 20.4 Å². The molecule has 1 heterocycles. The maximum absolute atomic E-state index is 13.9. The Kier molecular flexibility index (Phi) is 6.66. The second-order valence-corrected chi connectivity index (χ2v) is 6.68. The lowest BCUT2D eigenvalue weighted by molar-refractivity contribution is 0.371. The third-order valence-electron chi connectivity index (χ3n) is 4.16. The van der Waals surface area contributed by atoms with E-state index in [2.05, 4.69) is 20.4 Å². The number of hydrogen-bond donors (Lipinski definition) is 1. The molecule has 0 fully saturated rings. The van der Waals surface area contributed by atoms with Crippen LogP contribution >= 0.6 is 11.6 Å². The van der Waals surface area contributed by atoms with Crippen LogP contribution in [0.2, 0.25) is 5.02 Å². The number of aromatic nitrogens is 2. The van der Waals surface area contributed by atoms with E-state index in [-0.39, 0.29) is 5.75 Å². The monoisotopic (exact) mass is 417 g/mol. The Hall–Kier alpha value is -3.13. The molecule has 0 aliphatic rings. The lowest BCUT2D eigenvalue weighted by Crippen LogP contribution is -2.38. The Morgan fingerprint density at radius 1 is 1.31 bits per heavy atom. The van der Waals surface area contributed by atoms with Gasteiger partial charge < -0.3 is 19.5 Å². The highest BCUT2D eigenvalue weighted by atomic mass is 35.5. The van der Waals surface area contributed by atoms with Crippen molar-refractivity contribution in [1.29, 1.82) is 0 Å². The summed E-state index contributed by atoms with van der Waals surface area (Å²) >= 11 is 6.00. The highest BCUT2D eigenvalue weighted by molar-refractivity contribution is 6.30. The molecule has 0 bridgehead atoms. The van der Waals surface area contributed by atoms with Gasteiger partial charge in [0.15, 0.2) is 17.5 Å². The van der Waals surface area contributed by atoms with Gasteiger partial charge in [-0.05, 0) is 29.8 Å². The average Bonchev–Trinajstić information content (AvgIpc) is 3.18. The molecule has 0 atom stereocenters. The van der Waals surface area contributed by atoms with E-state index in [1.165, 1.54) is 13.2 Å². The predicted molar refractivity (Wildman–Crippen MR) is 109 cm³/mol. The molecular formula is C20H21ClFN5O2. The number of ether oxygens (including phenoxy) is 1. The first-order valence-corrected chi connectivity index (χ1v) is 9.20. The van der Waals surface area contributed by atoms with Gasteiger partial charge in [0.1, 0.15) is 0 Å². The fourth-order valence-corrected chi connectivity index (χ4v) is 2.96. The van der Waals surface area contributed by atoms with Gasteiger partial charge in [-0.15, -0.1) is 0 Å². The Bertz CT molecular complexity index is 1010. The summed E-state index contributed by atoms with van der Waals surface area (Å²) < 4.78 is 24.1. The van der Waals surface area contributed by atoms with E-state index in [1.54, 1.807) is 31.3 Å². The SMILES string of the molecule is CN=C(NCc1nc(-c2cccc(Cl)c2)no1)N(C)Cc1ccc(OC)c(F)c1. The predicted octanol–water partition coefficient (Wildman–Crippen LogP) is 3.75. The number of nitrogens with zero attached hydrogens (tertiary/aromatic N) is 4. The van der Waals surface area contributed by atoms with Crippen LogP contribution in [0.25, 0.3) is 11.4 Å². The van der Waals surface area contributed by atoms with Crippen molar-refractivity contribution in [3.05, 3.63) is 64.8 Å². The van der Waals surface area contributed by atoms with Gasteiger partial charge in [-0.3, -0.25) is 4.99 Å². The normalized spacial score (nSPS) is 11.4. The second kappa shape index (κ2) is 9.38. The van der Waals surface area contributed by atoms with E-state index in [0.29, 0.717) is 35.8 Å². The van der Waals surface area contributed by atoms with Gasteiger partial charge in [0.05, 0.1) is 13.7 Å². The first-order chi connectivity index (χ1) is 14.0. The van der Waals surface area contributed by atoms with Gasteiger partial charge >= 0.3 is 0 Å². The van der Waals surface area contributed by atoms with E-state index in [9.17, 15) is 4.39 Å². The standard InChI is InChI=1S/C20H21ClFN5O2/c1-23-20(27(2)12-13-7-8-17(28-3)16(22)9-13)24-11-18-25-19(26-29-18)14-5-4-6-15(21)10-14/h4-10H,11-12H2,1-3H3,(H,23,24). The molecule has 2 aromatic carbocycles. The van der Waals surface area contributed by atoms with E-state index in [0.717, 1.165) is 11.1 Å². The van der Waals surface area contributed by atoms with Gasteiger partial charge in [-0.25, -0.2) is 4.39 Å². The number of rotatable bonds is 6. The van der Waals surface area contributed by atoms with Gasteiger partial charge in [0.25, 0.3) is 0 Å². The molecule has 0 amide bonds. The summed E-state index contributed by atoms with van der Waals surface area (Å²) in [4.78, 5) is 10.5. The molecule has 0 saturated carbocycles. The molecule has 0 aliphatic heterocycles. The summed E-state index contributed by atoms with van der Waals surface area (Å²) in [5.41, 5.74) is 1.56. The van der Waals surface area contributed by atoms with Crippen molar-refractivity contribution in [3.8, 4) is 17.1 Å². The van der Waals surface area contributed by atoms with E-state index >= 15 is 0 Å². The maximum Gasteiger partial charge on any atom is 0.246 e. The molecular weight excluding hydrogens is 397 g/mol. The van der Waals surface area contributed by atoms with Crippen molar-refractivity contribution in [2.45, 2.75) is 13.1 Å². The molecule has 0 radical (unpaired) electrons. The topological polar surface area (TPSA) is 75.8 Å². The van der Waals surface area contributed by atoms with Crippen LogP contribution < -0.4 is 10.1 Å². The number of benzene rings is 2. The average molecular weight is 418 g/mol. The highest BCUT2D eigenvalue weighted by Gasteiger charge is 2.12. The zero-order chi connectivity index (χ0) is 20.8. The van der Waals surface area contributed by atoms with Gasteiger partial charge in [0, 0.05) is 31.2 Å². The van der Waals surface area contributed by atoms with E-state index in [1.807, 2.05) is 24.1 Å². The van der Waals surface area contributed by atoms with Gasteiger partial charge in [0.2, 0.25) is 11.7 Å². The van der Waals surface area contributed by atoms with Crippen LogP contribution in [-0.2, 0) is 13.1 Å². The molecule has 1 aromatic heterocycles. The summed E-state index contributed by atoms with van der Waals surface area (Å²) in [6.07, 6.45) is 0. The zero-order valence-electron chi connectivity index (χ0n) is 16.3. The first-order valence-electron chi connectivity index (χ1n) is 8.83. The molecule has 7 nitrogen and oxygen atoms in total. The van der Waals surface area contributed by atoms with Crippen molar-refractivity contribution >= 4 is 17.6 Å². The van der Waals surface area contributed by atoms with Crippen LogP contribution in [0.1, 0.15) is 11.5 Å². The van der Waals surface area contributed by atoms with Crippen molar-refractivity contribution in [2.75, 3.05) is 21.2 Å². The fourth-order valence-electron chi connectivity index (χ4n) is 2.77. The fraction of sp³-hybridized carbons (Fsp3) is 0.250. The molecule has 0 saturated heterocycles. The molecule has 0 unspecified atom stereocenters. The molecule has 152 valence electrons. The Morgan fingerprint density at radius 2 is 2.14 bits per heavy atom. The van der Waals surface area contributed by atoms with Crippen LogP contribution in [0.4, 0.5) is 4.39 Å². The maximum atomic E-state index is 13.9. The minimum absolute atomic E-state index is 0.214. The summed E-state index contributed by atoms with van der Waals surface area (Å²) in [6.45, 7) is 0.750. The third kappa shape index (κ3) is 5.23. The summed E-state index contributed by atoms with van der Waals surface area (Å²) in [7, 11) is 4.95. The molecule has 9 heteroatoms. The lowest BCUT2D eigenvalue weighted by Gasteiger charge is -2.21. The van der Waals surface area contributed by atoms with Gasteiger partial charge in [-0.1, -0.05) is 35.0 Å². The van der Waals surface area contributed by atoms with Crippen molar-refractivity contribution < 1.29 is 13.7 Å². The van der Waals surface area contributed by atoms with Crippen molar-refractivity contribution in [2.24, 2.45) is 4.99 Å². The minimum Gasteiger partial charge on any atom is -0.494 e. The van der Waals surface area contributed by atoms with E-state index in [4.69, 9.17) is 20.9 Å². The highest BCUT2D eigenvalue weighted by Crippen LogP contribution is 2.20. The minimum atomic E-state index is -0.402. The molecule has 0 spiro atoms.